The molecule has 126 valence electrons. The van der Waals surface area contributed by atoms with Gasteiger partial charge in [-0.2, -0.15) is 5.10 Å². The van der Waals surface area contributed by atoms with Gasteiger partial charge in [0.15, 0.2) is 0 Å². The average molecular weight is 346 g/mol. The van der Waals surface area contributed by atoms with Crippen LogP contribution < -0.4 is 5.43 Å². The molecule has 24 heavy (non-hydrogen) atoms. The molecule has 6 heteroatoms. The van der Waals surface area contributed by atoms with E-state index < -0.39 is 5.82 Å². The molecule has 0 unspecified atom stereocenters. The number of hydrogen-bond acceptors (Lipinski definition) is 4. The first kappa shape index (κ1) is 16.6. The second kappa shape index (κ2) is 7.13. The maximum Gasteiger partial charge on any atom is 0.281 e. The van der Waals surface area contributed by atoms with Crippen LogP contribution in [-0.2, 0) is 12.8 Å². The first-order valence-electron chi connectivity index (χ1n) is 8.06. The predicted octanol–water partition coefficient (Wildman–Crippen LogP) is 4.02. The van der Waals surface area contributed by atoms with E-state index in [1.165, 1.54) is 52.8 Å². The fraction of sp³-hybridized carbons (Fsp3) is 0.333. The van der Waals surface area contributed by atoms with Crippen molar-refractivity contribution in [3.8, 4) is 5.75 Å². The van der Waals surface area contributed by atoms with Crippen LogP contribution in [0, 0.1) is 5.82 Å². The fourth-order valence-corrected chi connectivity index (χ4v) is 3.99. The van der Waals surface area contributed by atoms with Crippen molar-refractivity contribution in [2.45, 2.75) is 39.0 Å². The predicted molar refractivity (Wildman–Crippen MR) is 93.3 cm³/mol. The van der Waals surface area contributed by atoms with Crippen molar-refractivity contribution in [3.63, 3.8) is 0 Å². The number of nitrogens with one attached hydrogen (secondary N) is 1. The van der Waals surface area contributed by atoms with E-state index in [9.17, 15) is 14.3 Å². The molecule has 1 aromatic carbocycles. The summed E-state index contributed by atoms with van der Waals surface area (Å²) in [5, 5.41) is 14.0. The molecule has 2 N–H and O–H groups in total. The van der Waals surface area contributed by atoms with Crippen LogP contribution in [0.15, 0.2) is 29.4 Å². The van der Waals surface area contributed by atoms with Gasteiger partial charge in [0.2, 0.25) is 0 Å². The number of phenolic OH excluding ortho intramolecular Hbond substituents is 1. The molecule has 0 saturated heterocycles. The molecule has 2 aromatic rings. The van der Waals surface area contributed by atoms with Crippen LogP contribution in [0.4, 0.5) is 4.39 Å². The highest BCUT2D eigenvalue weighted by atomic mass is 32.1. The molecule has 0 radical (unpaired) electrons. The van der Waals surface area contributed by atoms with Gasteiger partial charge in [-0.25, -0.2) is 9.82 Å². The molecule has 0 saturated carbocycles. The van der Waals surface area contributed by atoms with Gasteiger partial charge < -0.3 is 5.11 Å². The molecule has 1 aromatic heterocycles. The Morgan fingerprint density at radius 2 is 2.12 bits per heavy atom. The Balaban J connectivity index is 1.78. The number of nitrogens with zero attached hydrogens (tertiary/aromatic N) is 1. The van der Waals surface area contributed by atoms with E-state index >= 15 is 0 Å². The minimum Gasteiger partial charge on any atom is -0.507 e. The number of benzene rings is 1. The number of aryl methyl sites for hydroxylation is 2. The highest BCUT2D eigenvalue weighted by Gasteiger charge is 2.17. The number of carbonyl (C=O) groups is 1. The Bertz CT molecular complexity index is 775. The van der Waals surface area contributed by atoms with Crippen LogP contribution in [-0.4, -0.2) is 16.7 Å². The third-order valence-corrected chi connectivity index (χ3v) is 5.35. The van der Waals surface area contributed by atoms with Gasteiger partial charge >= 0.3 is 0 Å². The molecular formula is C18H19FN2O2S. The Morgan fingerprint density at radius 3 is 2.88 bits per heavy atom. The number of hydrogen-bond donors (Lipinski definition) is 2. The number of amides is 1. The van der Waals surface area contributed by atoms with Crippen molar-refractivity contribution in [2.24, 2.45) is 5.10 Å². The second-order valence-electron chi connectivity index (χ2n) is 5.78. The van der Waals surface area contributed by atoms with Crippen LogP contribution in [0.1, 0.15) is 51.9 Å². The van der Waals surface area contributed by atoms with E-state index in [4.69, 9.17) is 0 Å². The number of hydrazone groups is 1. The van der Waals surface area contributed by atoms with Crippen molar-refractivity contribution >= 4 is 23.0 Å². The molecule has 1 amide bonds. The lowest BCUT2D eigenvalue weighted by Crippen LogP contribution is -2.19. The van der Waals surface area contributed by atoms with Crippen molar-refractivity contribution < 1.29 is 14.3 Å². The molecule has 1 aliphatic rings. The zero-order valence-corrected chi connectivity index (χ0v) is 14.3. The van der Waals surface area contributed by atoms with Crippen molar-refractivity contribution in [2.75, 3.05) is 0 Å². The van der Waals surface area contributed by atoms with Crippen molar-refractivity contribution in [1.82, 2.24) is 5.43 Å². The first-order valence-corrected chi connectivity index (χ1v) is 8.87. The zero-order chi connectivity index (χ0) is 17.1. The Hall–Kier alpha value is -2.21. The minimum atomic E-state index is -0.457. The summed E-state index contributed by atoms with van der Waals surface area (Å²) < 4.78 is 13.4. The quantitative estimate of drug-likeness (QED) is 0.649. The second-order valence-corrected chi connectivity index (χ2v) is 6.92. The van der Waals surface area contributed by atoms with E-state index in [0.717, 1.165) is 12.8 Å². The van der Waals surface area contributed by atoms with Gasteiger partial charge in [0, 0.05) is 10.4 Å². The van der Waals surface area contributed by atoms with E-state index in [2.05, 4.69) is 10.5 Å². The SMILES string of the molecule is CC/C(=N\NC(=O)c1cc2c(s1)CCCC2)c1cc(F)ccc1O. The fourth-order valence-electron chi connectivity index (χ4n) is 2.85. The van der Waals surface area contributed by atoms with Gasteiger partial charge in [0.1, 0.15) is 11.6 Å². The normalized spacial score (nSPS) is 14.3. The summed E-state index contributed by atoms with van der Waals surface area (Å²) >= 11 is 1.51. The largest absolute Gasteiger partial charge is 0.507 e. The molecule has 1 heterocycles. The summed E-state index contributed by atoms with van der Waals surface area (Å²) in [5.74, 6) is -0.782. The lowest BCUT2D eigenvalue weighted by Gasteiger charge is -2.08. The van der Waals surface area contributed by atoms with Gasteiger partial charge in [0.05, 0.1) is 10.6 Å². The number of thiophene rings is 1. The highest BCUT2D eigenvalue weighted by Crippen LogP contribution is 2.29. The van der Waals surface area contributed by atoms with E-state index in [1.54, 1.807) is 0 Å². The monoisotopic (exact) mass is 346 g/mol. The lowest BCUT2D eigenvalue weighted by atomic mass is 9.99. The molecule has 3 rings (SSSR count). The van der Waals surface area contributed by atoms with Gasteiger partial charge in [-0.3, -0.25) is 4.79 Å². The van der Waals surface area contributed by atoms with E-state index in [1.807, 2.05) is 13.0 Å². The minimum absolute atomic E-state index is 0.0576. The number of rotatable bonds is 4. The van der Waals surface area contributed by atoms with Gasteiger partial charge in [0.25, 0.3) is 5.91 Å². The third-order valence-electron chi connectivity index (χ3n) is 4.12. The molecule has 0 fully saturated rings. The molecule has 4 nitrogen and oxygen atoms in total. The van der Waals surface area contributed by atoms with E-state index in [-0.39, 0.29) is 11.7 Å². The van der Waals surface area contributed by atoms with Crippen LogP contribution in [0.3, 0.4) is 0 Å². The first-order chi connectivity index (χ1) is 11.6. The number of carbonyl (C=O) groups excluding carboxylic acids is 1. The molecule has 0 spiro atoms. The third kappa shape index (κ3) is 3.48. The molecule has 0 atom stereocenters. The van der Waals surface area contributed by atoms with Gasteiger partial charge in [-0.05, 0) is 61.9 Å². The topological polar surface area (TPSA) is 61.7 Å². The Morgan fingerprint density at radius 1 is 1.33 bits per heavy atom. The average Bonchev–Trinajstić information content (AvgIpc) is 3.02. The van der Waals surface area contributed by atoms with Crippen LogP contribution in [0.2, 0.25) is 0 Å². The summed E-state index contributed by atoms with van der Waals surface area (Å²) in [6.45, 7) is 1.83. The van der Waals surface area contributed by atoms with Gasteiger partial charge in [-0.1, -0.05) is 6.92 Å². The van der Waals surface area contributed by atoms with Crippen LogP contribution in [0.25, 0.3) is 0 Å². The number of aromatic hydroxyl groups is 1. The summed E-state index contributed by atoms with van der Waals surface area (Å²) in [4.78, 5) is 14.3. The number of halogens is 1. The Labute approximate surface area is 144 Å². The molecular weight excluding hydrogens is 327 g/mol. The summed E-state index contributed by atoms with van der Waals surface area (Å²) in [6, 6.07) is 5.62. The summed E-state index contributed by atoms with van der Waals surface area (Å²) in [5.41, 5.74) is 4.52. The van der Waals surface area contributed by atoms with Crippen molar-refractivity contribution in [3.05, 3.63) is 51.0 Å². The Kier molecular flexibility index (Phi) is 4.94. The highest BCUT2D eigenvalue weighted by molar-refractivity contribution is 7.14. The smallest absolute Gasteiger partial charge is 0.281 e. The molecule has 0 bridgehead atoms. The lowest BCUT2D eigenvalue weighted by molar-refractivity contribution is 0.0958. The van der Waals surface area contributed by atoms with Crippen LogP contribution >= 0.6 is 11.3 Å². The summed E-state index contributed by atoms with van der Waals surface area (Å²) in [6.07, 6.45) is 4.86. The van der Waals surface area contributed by atoms with Crippen LogP contribution in [0.5, 0.6) is 5.75 Å². The molecule has 0 aliphatic heterocycles. The maximum absolute atomic E-state index is 13.4. The standard InChI is InChI=1S/C18H19FN2O2S/c1-2-14(13-10-12(19)7-8-15(13)22)20-21-18(23)17-9-11-5-3-4-6-16(11)24-17/h7-10,22H,2-6H2,1H3,(H,21,23)/b20-14+. The summed E-state index contributed by atoms with van der Waals surface area (Å²) in [7, 11) is 0. The van der Waals surface area contributed by atoms with Crippen molar-refractivity contribution in [1.29, 1.82) is 0 Å². The zero-order valence-electron chi connectivity index (χ0n) is 13.4. The number of fused-ring (bicyclic) bond motifs is 1. The molecule has 1 aliphatic carbocycles. The maximum atomic E-state index is 13.4. The van der Waals surface area contributed by atoms with Gasteiger partial charge in [-0.15, -0.1) is 11.3 Å². The van der Waals surface area contributed by atoms with E-state index in [0.29, 0.717) is 22.6 Å². The number of phenols is 1.